The molecule has 3 heteroatoms. The number of benzene rings is 2. The van der Waals surface area contributed by atoms with Gasteiger partial charge in [-0.25, -0.2) is 0 Å². The molecule has 4 heterocycles. The highest BCUT2D eigenvalue weighted by Gasteiger charge is 2.46. The lowest BCUT2D eigenvalue weighted by Gasteiger charge is -2.54. The van der Waals surface area contributed by atoms with Crippen molar-refractivity contribution in [3.63, 3.8) is 0 Å². The number of thiophene rings is 1. The van der Waals surface area contributed by atoms with Gasteiger partial charge in [0.15, 0.2) is 0 Å². The number of hydrogen-bond donors (Lipinski definition) is 1. The third-order valence-electron chi connectivity index (χ3n) is 6.66. The maximum atomic E-state index is 3.99. The SMILES string of the molecule is c1ccc(CNC2C3CCN(CC3)C2C(c2ccccc2)c2ccsc2)cc1. The van der Waals surface area contributed by atoms with Gasteiger partial charge < -0.3 is 5.32 Å². The van der Waals surface area contributed by atoms with E-state index in [9.17, 15) is 0 Å². The van der Waals surface area contributed by atoms with E-state index in [-0.39, 0.29) is 0 Å². The molecule has 1 aromatic heterocycles. The van der Waals surface area contributed by atoms with Crippen molar-refractivity contribution in [2.75, 3.05) is 13.1 Å². The molecule has 144 valence electrons. The van der Waals surface area contributed by atoms with Crippen molar-refractivity contribution < 1.29 is 0 Å². The molecular formula is C25H28N2S. The van der Waals surface area contributed by atoms with Crippen LogP contribution in [0.25, 0.3) is 0 Å². The Morgan fingerprint density at radius 2 is 1.61 bits per heavy atom. The van der Waals surface area contributed by atoms with E-state index >= 15 is 0 Å². The summed E-state index contributed by atoms with van der Waals surface area (Å²) in [5.74, 6) is 1.22. The van der Waals surface area contributed by atoms with E-state index in [0.29, 0.717) is 18.0 Å². The zero-order valence-electron chi connectivity index (χ0n) is 16.2. The number of hydrogen-bond acceptors (Lipinski definition) is 3. The fourth-order valence-corrected chi connectivity index (χ4v) is 6.02. The first kappa shape index (κ1) is 18.1. The summed E-state index contributed by atoms with van der Waals surface area (Å²) < 4.78 is 0. The van der Waals surface area contributed by atoms with Crippen LogP contribution in [0.1, 0.15) is 35.4 Å². The predicted molar refractivity (Wildman–Crippen MR) is 118 cm³/mol. The van der Waals surface area contributed by atoms with Crippen LogP contribution in [0.4, 0.5) is 0 Å². The first-order valence-corrected chi connectivity index (χ1v) is 11.4. The van der Waals surface area contributed by atoms with Crippen molar-refractivity contribution in [3.8, 4) is 0 Å². The Hall–Kier alpha value is -1.94. The van der Waals surface area contributed by atoms with Gasteiger partial charge in [0.05, 0.1) is 0 Å². The van der Waals surface area contributed by atoms with Crippen molar-refractivity contribution >= 4 is 11.3 Å². The molecule has 2 bridgehead atoms. The summed E-state index contributed by atoms with van der Waals surface area (Å²) in [6.07, 6.45) is 2.65. The molecule has 3 aliphatic heterocycles. The predicted octanol–water partition coefficient (Wildman–Crippen LogP) is 5.13. The Kier molecular flexibility index (Phi) is 5.30. The zero-order valence-corrected chi connectivity index (χ0v) is 17.0. The number of rotatable bonds is 6. The Bertz CT molecular complexity index is 854. The molecule has 0 spiro atoms. The van der Waals surface area contributed by atoms with Crippen LogP contribution in [0.5, 0.6) is 0 Å². The zero-order chi connectivity index (χ0) is 18.8. The molecule has 3 saturated heterocycles. The van der Waals surface area contributed by atoms with Gasteiger partial charge in [-0.05, 0) is 65.4 Å². The van der Waals surface area contributed by atoms with Gasteiger partial charge in [0.1, 0.15) is 0 Å². The molecule has 3 fully saturated rings. The standard InChI is InChI=1S/C25H28N2S/c1-3-7-19(8-4-1)17-26-24-21-11-14-27(15-12-21)25(24)23(22-13-16-28-18-22)20-9-5-2-6-10-20/h1-10,13,16,18,21,23-26H,11-12,14-15,17H2. The lowest BCUT2D eigenvalue weighted by molar-refractivity contribution is 0.00473. The fourth-order valence-electron chi connectivity index (χ4n) is 5.32. The van der Waals surface area contributed by atoms with Crippen molar-refractivity contribution in [1.82, 2.24) is 10.2 Å². The van der Waals surface area contributed by atoms with E-state index in [1.807, 2.05) is 11.3 Å². The van der Waals surface area contributed by atoms with Gasteiger partial charge >= 0.3 is 0 Å². The molecule has 3 atom stereocenters. The maximum absolute atomic E-state index is 3.99. The number of nitrogens with one attached hydrogen (secondary N) is 1. The molecule has 6 rings (SSSR count). The highest BCUT2D eigenvalue weighted by Crippen LogP contribution is 2.42. The van der Waals surface area contributed by atoms with Gasteiger partial charge in [0.2, 0.25) is 0 Å². The third kappa shape index (κ3) is 3.55. The molecule has 0 amide bonds. The van der Waals surface area contributed by atoms with Crippen molar-refractivity contribution in [2.45, 2.75) is 37.4 Å². The normalized spacial score (nSPS) is 27.6. The average Bonchev–Trinajstić information content (AvgIpc) is 3.30. The first-order chi connectivity index (χ1) is 13.9. The molecule has 0 aliphatic carbocycles. The number of piperidine rings is 3. The minimum Gasteiger partial charge on any atom is -0.308 e. The molecule has 0 radical (unpaired) electrons. The molecule has 0 saturated carbocycles. The van der Waals surface area contributed by atoms with Gasteiger partial charge in [-0.3, -0.25) is 4.90 Å². The monoisotopic (exact) mass is 388 g/mol. The minimum atomic E-state index is 0.434. The van der Waals surface area contributed by atoms with Gasteiger partial charge in [0.25, 0.3) is 0 Å². The number of nitrogens with zero attached hydrogens (tertiary/aromatic N) is 1. The molecular weight excluding hydrogens is 360 g/mol. The second kappa shape index (κ2) is 8.20. The summed E-state index contributed by atoms with van der Waals surface area (Å²) in [6.45, 7) is 3.44. The number of fused-ring (bicyclic) bond motifs is 3. The van der Waals surface area contributed by atoms with E-state index in [2.05, 4.69) is 87.7 Å². The van der Waals surface area contributed by atoms with Crippen LogP contribution in [0.2, 0.25) is 0 Å². The first-order valence-electron chi connectivity index (χ1n) is 10.5. The van der Waals surface area contributed by atoms with Crippen LogP contribution < -0.4 is 5.32 Å². The molecule has 2 aromatic carbocycles. The molecule has 1 N–H and O–H groups in total. The van der Waals surface area contributed by atoms with Crippen LogP contribution >= 0.6 is 11.3 Å². The quantitative estimate of drug-likeness (QED) is 0.629. The Morgan fingerprint density at radius 1 is 0.893 bits per heavy atom. The topological polar surface area (TPSA) is 15.3 Å². The van der Waals surface area contributed by atoms with Gasteiger partial charge in [-0.15, -0.1) is 0 Å². The maximum Gasteiger partial charge on any atom is 0.0361 e. The largest absolute Gasteiger partial charge is 0.308 e. The second-order valence-electron chi connectivity index (χ2n) is 8.20. The van der Waals surface area contributed by atoms with Crippen LogP contribution in [0.15, 0.2) is 77.5 Å². The van der Waals surface area contributed by atoms with E-state index in [4.69, 9.17) is 0 Å². The second-order valence-corrected chi connectivity index (χ2v) is 8.98. The van der Waals surface area contributed by atoms with Crippen LogP contribution in [0, 0.1) is 5.92 Å². The fraction of sp³-hybridized carbons (Fsp3) is 0.360. The lowest BCUT2D eigenvalue weighted by atomic mass is 9.71. The van der Waals surface area contributed by atoms with Crippen molar-refractivity contribution in [1.29, 1.82) is 0 Å². The minimum absolute atomic E-state index is 0.434. The van der Waals surface area contributed by atoms with E-state index in [1.165, 1.54) is 42.6 Å². The lowest BCUT2D eigenvalue weighted by Crippen LogP contribution is -2.64. The summed E-state index contributed by atoms with van der Waals surface area (Å²) in [5, 5.41) is 8.58. The van der Waals surface area contributed by atoms with Crippen molar-refractivity contribution in [3.05, 3.63) is 94.2 Å². The highest BCUT2D eigenvalue weighted by atomic mass is 32.1. The molecule has 28 heavy (non-hydrogen) atoms. The smallest absolute Gasteiger partial charge is 0.0361 e. The Labute approximate surface area is 172 Å². The molecule has 3 unspecified atom stereocenters. The average molecular weight is 389 g/mol. The molecule has 3 aromatic rings. The van der Waals surface area contributed by atoms with E-state index in [1.54, 1.807) is 0 Å². The molecule has 3 aliphatic rings. The van der Waals surface area contributed by atoms with E-state index in [0.717, 1.165) is 12.5 Å². The molecule has 2 nitrogen and oxygen atoms in total. The summed E-state index contributed by atoms with van der Waals surface area (Å²) >= 11 is 1.82. The Morgan fingerprint density at radius 3 is 2.29 bits per heavy atom. The van der Waals surface area contributed by atoms with Crippen LogP contribution in [-0.2, 0) is 6.54 Å². The third-order valence-corrected chi connectivity index (χ3v) is 7.36. The highest BCUT2D eigenvalue weighted by molar-refractivity contribution is 7.08. The summed E-state index contributed by atoms with van der Waals surface area (Å²) in [4.78, 5) is 2.76. The van der Waals surface area contributed by atoms with E-state index < -0.39 is 0 Å². The van der Waals surface area contributed by atoms with Gasteiger partial charge in [-0.1, -0.05) is 60.7 Å². The summed E-state index contributed by atoms with van der Waals surface area (Å²) in [5.41, 5.74) is 4.30. The van der Waals surface area contributed by atoms with Crippen molar-refractivity contribution in [2.24, 2.45) is 5.92 Å². The Balaban J connectivity index is 1.48. The summed E-state index contributed by atoms with van der Waals surface area (Å²) in [6, 6.07) is 25.4. The van der Waals surface area contributed by atoms with Gasteiger partial charge in [0, 0.05) is 24.5 Å². The van der Waals surface area contributed by atoms with Crippen LogP contribution in [-0.4, -0.2) is 30.1 Å². The van der Waals surface area contributed by atoms with Gasteiger partial charge in [-0.2, -0.15) is 11.3 Å². The van der Waals surface area contributed by atoms with Crippen LogP contribution in [0.3, 0.4) is 0 Å². The summed E-state index contributed by atoms with van der Waals surface area (Å²) in [7, 11) is 0.